The molecule has 0 aliphatic heterocycles. The van der Waals surface area contributed by atoms with Crippen LogP contribution in [0.4, 0.5) is 0 Å². The number of unbranched alkanes of at least 4 members (excludes halogenated alkanes) is 1. The summed E-state index contributed by atoms with van der Waals surface area (Å²) in [5.41, 5.74) is 10.1. The molecule has 3 rings (SSSR count). The van der Waals surface area contributed by atoms with Gasteiger partial charge in [-0.15, -0.1) is 0 Å². The van der Waals surface area contributed by atoms with E-state index in [2.05, 4.69) is 5.32 Å². The predicted octanol–water partition coefficient (Wildman–Crippen LogP) is 5.45. The van der Waals surface area contributed by atoms with Crippen LogP contribution in [0.15, 0.2) is 91.0 Å². The summed E-state index contributed by atoms with van der Waals surface area (Å²) < 4.78 is 12.0. The molecule has 0 radical (unpaired) electrons. The summed E-state index contributed by atoms with van der Waals surface area (Å²) in [4.78, 5) is 29.1. The maximum absolute atomic E-state index is 14.6. The van der Waals surface area contributed by atoms with E-state index in [1.54, 1.807) is 41.5 Å². The molecule has 0 amide bonds. The Labute approximate surface area is 251 Å². The first-order valence-electron chi connectivity index (χ1n) is 14.6. The molecule has 226 valence electrons. The van der Waals surface area contributed by atoms with Gasteiger partial charge in [0.25, 0.3) is 0 Å². The molecule has 0 bridgehead atoms. The molecule has 3 aromatic carbocycles. The third-order valence-electron chi connectivity index (χ3n) is 6.97. The molecule has 0 saturated heterocycles. The van der Waals surface area contributed by atoms with Gasteiger partial charge in [-0.25, -0.2) is 9.59 Å². The van der Waals surface area contributed by atoms with Gasteiger partial charge in [0.15, 0.2) is 0 Å². The Morgan fingerprint density at radius 1 is 0.667 bits per heavy atom. The van der Waals surface area contributed by atoms with Crippen LogP contribution >= 0.6 is 0 Å². The summed E-state index contributed by atoms with van der Waals surface area (Å²) >= 11 is 0. The monoisotopic (exact) mass is 573 g/mol. The quantitative estimate of drug-likeness (QED) is 0.114. The van der Waals surface area contributed by atoms with Crippen molar-refractivity contribution in [3.63, 3.8) is 0 Å². The first-order chi connectivity index (χ1) is 19.8. The predicted molar refractivity (Wildman–Crippen MR) is 168 cm³/mol. The first-order valence-corrected chi connectivity index (χ1v) is 14.6. The average Bonchev–Trinajstić information content (AvgIpc) is 2.93. The number of ether oxygens (including phenoxy) is 2. The topological polar surface area (TPSA) is 117 Å². The summed E-state index contributed by atoms with van der Waals surface area (Å²) in [5.74, 6) is -1.59. The second-order valence-corrected chi connectivity index (χ2v) is 12.7. The summed E-state index contributed by atoms with van der Waals surface area (Å²) in [5, 5.41) is 3.60. The Hall–Kier alpha value is -3.52. The Morgan fingerprint density at radius 3 is 1.33 bits per heavy atom. The molecular formula is C35H47N3O4. The number of hydrogen-bond donors (Lipinski definition) is 3. The van der Waals surface area contributed by atoms with Crippen molar-refractivity contribution in [2.24, 2.45) is 11.5 Å². The molecule has 0 spiro atoms. The lowest BCUT2D eigenvalue weighted by atomic mass is 9.73. The molecule has 7 nitrogen and oxygen atoms in total. The van der Waals surface area contributed by atoms with Gasteiger partial charge in [0, 0.05) is 6.04 Å². The summed E-state index contributed by atoms with van der Waals surface area (Å²) in [7, 11) is 0. The standard InChI is InChI=1S/C35H47N3O4/c1-32(2,3)41-30(39)35(29(37)24-16-17-25-36,31(40)42-33(4,5)6)38-34(26-18-10-7-11-19-26,27-20-12-8-13-21-27)28-22-14-9-15-23-28/h7-15,18-23,29,38H,16-17,24-25,36-37H2,1-6H3. The fourth-order valence-electron chi connectivity index (χ4n) is 5.10. The molecule has 3 aromatic rings. The molecule has 0 saturated carbocycles. The minimum atomic E-state index is -2.10. The van der Waals surface area contributed by atoms with Crippen LogP contribution in [0.3, 0.4) is 0 Å². The number of nitrogens with two attached hydrogens (primary N) is 2. The van der Waals surface area contributed by atoms with Crippen molar-refractivity contribution in [1.82, 2.24) is 5.32 Å². The number of benzene rings is 3. The highest BCUT2D eigenvalue weighted by molar-refractivity contribution is 6.06. The summed E-state index contributed by atoms with van der Waals surface area (Å²) in [6, 6.07) is 28.2. The molecular weight excluding hydrogens is 526 g/mol. The second kappa shape index (κ2) is 13.6. The van der Waals surface area contributed by atoms with Crippen LogP contribution in [0.25, 0.3) is 0 Å². The number of rotatable bonds is 12. The highest BCUT2D eigenvalue weighted by Gasteiger charge is 2.60. The SMILES string of the molecule is CC(C)(C)OC(=O)C(NC(c1ccccc1)(c1ccccc1)c1ccccc1)(C(=O)OC(C)(C)C)C(N)CCCCN. The molecule has 5 N–H and O–H groups in total. The molecule has 1 unspecified atom stereocenters. The smallest absolute Gasteiger partial charge is 0.340 e. The van der Waals surface area contributed by atoms with Crippen molar-refractivity contribution < 1.29 is 19.1 Å². The Bertz CT molecular complexity index is 1160. The number of esters is 2. The van der Waals surface area contributed by atoms with Gasteiger partial charge < -0.3 is 20.9 Å². The fraction of sp³-hybridized carbons (Fsp3) is 0.429. The lowest BCUT2D eigenvalue weighted by Gasteiger charge is -2.47. The fourth-order valence-corrected chi connectivity index (χ4v) is 5.10. The third kappa shape index (κ3) is 7.65. The van der Waals surface area contributed by atoms with Gasteiger partial charge in [-0.05, 0) is 77.6 Å². The largest absolute Gasteiger partial charge is 0.458 e. The van der Waals surface area contributed by atoms with E-state index in [1.807, 2.05) is 91.0 Å². The van der Waals surface area contributed by atoms with E-state index in [0.717, 1.165) is 16.7 Å². The second-order valence-electron chi connectivity index (χ2n) is 12.7. The van der Waals surface area contributed by atoms with Gasteiger partial charge in [-0.1, -0.05) is 97.4 Å². The van der Waals surface area contributed by atoms with Crippen molar-refractivity contribution >= 4 is 11.9 Å². The zero-order valence-corrected chi connectivity index (χ0v) is 25.9. The molecule has 0 heterocycles. The van der Waals surface area contributed by atoms with Crippen molar-refractivity contribution in [2.75, 3.05) is 6.54 Å². The minimum Gasteiger partial charge on any atom is -0.458 e. The van der Waals surface area contributed by atoms with Crippen molar-refractivity contribution in [2.45, 2.75) is 89.1 Å². The zero-order valence-electron chi connectivity index (χ0n) is 25.9. The van der Waals surface area contributed by atoms with Gasteiger partial charge in [0.2, 0.25) is 5.54 Å². The molecule has 0 aromatic heterocycles. The van der Waals surface area contributed by atoms with Gasteiger partial charge in [-0.2, -0.15) is 0 Å². The van der Waals surface area contributed by atoms with E-state index in [9.17, 15) is 9.59 Å². The van der Waals surface area contributed by atoms with E-state index in [0.29, 0.717) is 25.8 Å². The highest BCUT2D eigenvalue weighted by Crippen LogP contribution is 2.40. The Morgan fingerprint density at radius 2 is 1.02 bits per heavy atom. The van der Waals surface area contributed by atoms with E-state index < -0.39 is 40.3 Å². The number of carbonyl (C=O) groups is 2. The molecule has 0 aliphatic carbocycles. The summed E-state index contributed by atoms with van der Waals surface area (Å²) in [6.45, 7) is 11.1. The molecule has 0 aliphatic rings. The molecule has 42 heavy (non-hydrogen) atoms. The third-order valence-corrected chi connectivity index (χ3v) is 6.97. The normalized spacial score (nSPS) is 13.3. The minimum absolute atomic E-state index is 0.330. The van der Waals surface area contributed by atoms with Crippen molar-refractivity contribution in [1.29, 1.82) is 0 Å². The number of carbonyl (C=O) groups excluding carboxylic acids is 2. The van der Waals surface area contributed by atoms with Crippen molar-refractivity contribution in [3.05, 3.63) is 108 Å². The first kappa shape index (κ1) is 33.0. The molecule has 7 heteroatoms. The molecule has 1 atom stereocenters. The molecule has 0 fully saturated rings. The van der Waals surface area contributed by atoms with Crippen molar-refractivity contribution in [3.8, 4) is 0 Å². The van der Waals surface area contributed by atoms with Gasteiger partial charge in [0.05, 0.1) is 5.54 Å². The van der Waals surface area contributed by atoms with Crippen LogP contribution in [0.1, 0.15) is 77.5 Å². The lowest BCUT2D eigenvalue weighted by molar-refractivity contribution is -0.182. The Kier molecular flexibility index (Phi) is 10.7. The van der Waals surface area contributed by atoms with Crippen LogP contribution in [-0.2, 0) is 24.6 Å². The Balaban J connectivity index is 2.45. The number of hydrogen-bond acceptors (Lipinski definition) is 7. The van der Waals surface area contributed by atoms with Crippen LogP contribution in [0, 0.1) is 0 Å². The van der Waals surface area contributed by atoms with E-state index in [4.69, 9.17) is 20.9 Å². The van der Waals surface area contributed by atoms with E-state index >= 15 is 0 Å². The average molecular weight is 574 g/mol. The maximum Gasteiger partial charge on any atom is 0.340 e. The maximum atomic E-state index is 14.6. The zero-order chi connectivity index (χ0) is 31.0. The van der Waals surface area contributed by atoms with Crippen LogP contribution < -0.4 is 16.8 Å². The number of nitrogens with one attached hydrogen (secondary N) is 1. The summed E-state index contributed by atoms with van der Waals surface area (Å²) in [6.07, 6.45) is 1.63. The van der Waals surface area contributed by atoms with Crippen LogP contribution in [-0.4, -0.2) is 41.3 Å². The highest BCUT2D eigenvalue weighted by atomic mass is 16.6. The van der Waals surface area contributed by atoms with Gasteiger partial charge in [0.1, 0.15) is 11.2 Å². The van der Waals surface area contributed by atoms with Gasteiger partial charge >= 0.3 is 11.9 Å². The lowest BCUT2D eigenvalue weighted by Crippen LogP contribution is -2.74. The van der Waals surface area contributed by atoms with Gasteiger partial charge in [-0.3, -0.25) is 5.32 Å². The van der Waals surface area contributed by atoms with E-state index in [1.165, 1.54) is 0 Å². The van der Waals surface area contributed by atoms with Crippen LogP contribution in [0.2, 0.25) is 0 Å². The van der Waals surface area contributed by atoms with Crippen LogP contribution in [0.5, 0.6) is 0 Å². The van der Waals surface area contributed by atoms with E-state index in [-0.39, 0.29) is 0 Å².